The number of halogens is 1. The molecule has 1 saturated heterocycles. The van der Waals surface area contributed by atoms with Crippen LogP contribution in [0.5, 0.6) is 0 Å². The van der Waals surface area contributed by atoms with Crippen LogP contribution in [0.15, 0.2) is 60.8 Å². The second-order valence-corrected chi connectivity index (χ2v) is 9.51. The van der Waals surface area contributed by atoms with E-state index in [1.54, 1.807) is 43.9 Å². The molecule has 2 heterocycles. The number of rotatable bonds is 6. The summed E-state index contributed by atoms with van der Waals surface area (Å²) in [5.74, 6) is -1.38. The van der Waals surface area contributed by atoms with Crippen LogP contribution in [0.3, 0.4) is 0 Å². The van der Waals surface area contributed by atoms with Crippen LogP contribution < -0.4 is 5.32 Å². The molecule has 0 atom stereocenters. The van der Waals surface area contributed by atoms with Crippen molar-refractivity contribution in [2.75, 3.05) is 18.4 Å². The molecule has 1 aliphatic rings. The Morgan fingerprint density at radius 3 is 2.41 bits per heavy atom. The normalized spacial score (nSPS) is 13.9. The van der Waals surface area contributed by atoms with Crippen LogP contribution in [0, 0.1) is 12.7 Å². The lowest BCUT2D eigenvalue weighted by molar-refractivity contribution is 0.0364. The van der Waals surface area contributed by atoms with Crippen molar-refractivity contribution in [3.8, 4) is 0 Å². The number of hydrogen-bond donors (Lipinski definition) is 1. The summed E-state index contributed by atoms with van der Waals surface area (Å²) < 4.78 is 18.9. The average Bonchev–Trinajstić information content (AvgIpc) is 2.88. The lowest BCUT2D eigenvalue weighted by atomic mass is 9.89. The first-order valence-corrected chi connectivity index (χ1v) is 12.3. The minimum atomic E-state index is -0.603. The zero-order chi connectivity index (χ0) is 26.5. The van der Waals surface area contributed by atoms with E-state index in [-0.39, 0.29) is 40.7 Å². The third-order valence-corrected chi connectivity index (χ3v) is 6.30. The number of ether oxygens (including phenoxy) is 1. The summed E-state index contributed by atoms with van der Waals surface area (Å²) in [6.45, 7) is 6.34. The molecule has 1 aliphatic heterocycles. The van der Waals surface area contributed by atoms with E-state index in [9.17, 15) is 18.8 Å². The van der Waals surface area contributed by atoms with E-state index in [2.05, 4.69) is 10.3 Å². The van der Waals surface area contributed by atoms with Crippen molar-refractivity contribution in [1.29, 1.82) is 0 Å². The number of pyridine rings is 1. The van der Waals surface area contributed by atoms with Gasteiger partial charge in [-0.25, -0.2) is 14.2 Å². The zero-order valence-electron chi connectivity index (χ0n) is 21.2. The average molecular weight is 504 g/mol. The van der Waals surface area contributed by atoms with Gasteiger partial charge in [0.2, 0.25) is 0 Å². The van der Waals surface area contributed by atoms with Gasteiger partial charge in [-0.2, -0.15) is 0 Å². The molecule has 1 fully saturated rings. The molecule has 3 aromatic rings. The first kappa shape index (κ1) is 26.0. The zero-order valence-corrected chi connectivity index (χ0v) is 21.2. The van der Waals surface area contributed by atoms with Crippen LogP contribution in [-0.2, 0) is 4.74 Å². The molecule has 2 aromatic carbocycles. The molecule has 1 aromatic heterocycles. The Kier molecular flexibility index (Phi) is 7.96. The summed E-state index contributed by atoms with van der Waals surface area (Å²) in [5, 5.41) is 2.81. The van der Waals surface area contributed by atoms with E-state index in [1.807, 2.05) is 24.3 Å². The third-order valence-electron chi connectivity index (χ3n) is 6.30. The van der Waals surface area contributed by atoms with E-state index in [0.29, 0.717) is 24.3 Å². The number of aromatic nitrogens is 1. The van der Waals surface area contributed by atoms with Gasteiger partial charge in [-0.15, -0.1) is 0 Å². The highest BCUT2D eigenvalue weighted by Crippen LogP contribution is 2.30. The van der Waals surface area contributed by atoms with Gasteiger partial charge >= 0.3 is 5.97 Å². The predicted octanol–water partition coefficient (Wildman–Crippen LogP) is 5.37. The Morgan fingerprint density at radius 1 is 1.05 bits per heavy atom. The number of carbonyl (C=O) groups is 3. The van der Waals surface area contributed by atoms with Crippen LogP contribution in [-0.4, -0.2) is 46.9 Å². The smallest absolute Gasteiger partial charge is 0.358 e. The minimum Gasteiger partial charge on any atom is -0.458 e. The second-order valence-electron chi connectivity index (χ2n) is 9.51. The monoisotopic (exact) mass is 503 g/mol. The lowest BCUT2D eigenvalue weighted by Gasteiger charge is -2.32. The Labute approximate surface area is 215 Å². The number of nitrogens with zero attached hydrogens (tertiary/aromatic N) is 2. The van der Waals surface area contributed by atoms with Gasteiger partial charge in [0, 0.05) is 30.5 Å². The van der Waals surface area contributed by atoms with Gasteiger partial charge in [0.05, 0.1) is 11.7 Å². The number of carbonyl (C=O) groups excluding carboxylic acids is 3. The van der Waals surface area contributed by atoms with Crippen molar-refractivity contribution in [3.05, 3.63) is 94.6 Å². The molecule has 4 rings (SSSR count). The Hall–Kier alpha value is -4.07. The SMILES string of the molecule is Cc1cc(F)cc(C(=O)Nc2ccc(C3CCN(C(=O)c4cccnc4C(=O)OC(C)C)CC3)cc2)c1. The molecule has 0 spiro atoms. The molecule has 0 bridgehead atoms. The molecular formula is C29H30FN3O4. The first-order valence-electron chi connectivity index (χ1n) is 12.3. The summed E-state index contributed by atoms with van der Waals surface area (Å²) in [7, 11) is 0. The summed E-state index contributed by atoms with van der Waals surface area (Å²) in [6.07, 6.45) is 2.71. The Morgan fingerprint density at radius 2 is 1.76 bits per heavy atom. The van der Waals surface area contributed by atoms with Crippen molar-refractivity contribution < 1.29 is 23.5 Å². The van der Waals surface area contributed by atoms with Gasteiger partial charge in [-0.05, 0) is 93.1 Å². The maximum atomic E-state index is 13.6. The molecule has 2 amide bonds. The fourth-order valence-corrected chi connectivity index (χ4v) is 4.51. The van der Waals surface area contributed by atoms with Crippen molar-refractivity contribution in [3.63, 3.8) is 0 Å². The van der Waals surface area contributed by atoms with E-state index in [4.69, 9.17) is 4.74 Å². The van der Waals surface area contributed by atoms with Gasteiger partial charge in [0.25, 0.3) is 11.8 Å². The highest BCUT2D eigenvalue weighted by atomic mass is 19.1. The van der Waals surface area contributed by atoms with E-state index in [1.165, 1.54) is 18.3 Å². The van der Waals surface area contributed by atoms with Crippen LogP contribution >= 0.6 is 0 Å². The highest BCUT2D eigenvalue weighted by molar-refractivity contribution is 6.05. The van der Waals surface area contributed by atoms with Crippen LogP contribution in [0.2, 0.25) is 0 Å². The number of benzene rings is 2. The molecule has 0 aliphatic carbocycles. The van der Waals surface area contributed by atoms with Gasteiger partial charge in [-0.1, -0.05) is 12.1 Å². The molecule has 0 saturated carbocycles. The number of anilines is 1. The Balaban J connectivity index is 1.36. The van der Waals surface area contributed by atoms with Gasteiger partial charge in [-0.3, -0.25) is 9.59 Å². The summed E-state index contributed by atoms with van der Waals surface area (Å²) in [5.41, 5.74) is 2.98. The second kappa shape index (κ2) is 11.3. The molecule has 1 N–H and O–H groups in total. The van der Waals surface area contributed by atoms with E-state index in [0.717, 1.165) is 18.4 Å². The minimum absolute atomic E-state index is 0.0364. The number of aryl methyl sites for hydroxylation is 1. The van der Waals surface area contributed by atoms with E-state index >= 15 is 0 Å². The fourth-order valence-electron chi connectivity index (χ4n) is 4.51. The number of nitrogens with one attached hydrogen (secondary N) is 1. The molecule has 192 valence electrons. The van der Waals surface area contributed by atoms with Crippen LogP contribution in [0.4, 0.5) is 10.1 Å². The lowest BCUT2D eigenvalue weighted by Crippen LogP contribution is -2.38. The molecule has 8 heteroatoms. The molecule has 37 heavy (non-hydrogen) atoms. The Bertz CT molecular complexity index is 1280. The van der Waals surface area contributed by atoms with Crippen molar-refractivity contribution in [2.24, 2.45) is 0 Å². The quantitative estimate of drug-likeness (QED) is 0.457. The van der Waals surface area contributed by atoms with Gasteiger partial charge < -0.3 is 15.0 Å². The number of likely N-dealkylation sites (tertiary alicyclic amines) is 1. The molecular weight excluding hydrogens is 473 g/mol. The number of piperidine rings is 1. The summed E-state index contributed by atoms with van der Waals surface area (Å²) in [4.78, 5) is 43.9. The van der Waals surface area contributed by atoms with Gasteiger partial charge in [0.15, 0.2) is 5.69 Å². The molecule has 0 radical (unpaired) electrons. The number of esters is 1. The highest BCUT2D eigenvalue weighted by Gasteiger charge is 2.28. The van der Waals surface area contributed by atoms with Crippen LogP contribution in [0.25, 0.3) is 0 Å². The van der Waals surface area contributed by atoms with E-state index < -0.39 is 11.8 Å². The first-order chi connectivity index (χ1) is 17.7. The molecule has 0 unspecified atom stereocenters. The maximum Gasteiger partial charge on any atom is 0.358 e. The predicted molar refractivity (Wildman–Crippen MR) is 138 cm³/mol. The van der Waals surface area contributed by atoms with Crippen molar-refractivity contribution in [2.45, 2.75) is 45.6 Å². The van der Waals surface area contributed by atoms with Crippen molar-refractivity contribution >= 4 is 23.5 Å². The number of amides is 2. The molecule has 7 nitrogen and oxygen atoms in total. The largest absolute Gasteiger partial charge is 0.458 e. The fraction of sp³-hybridized carbons (Fsp3) is 0.310. The maximum absolute atomic E-state index is 13.6. The summed E-state index contributed by atoms with van der Waals surface area (Å²) in [6, 6.07) is 15.1. The van der Waals surface area contributed by atoms with Crippen LogP contribution in [0.1, 0.15) is 74.9 Å². The topological polar surface area (TPSA) is 88.6 Å². The standard InChI is InChI=1S/C29H30FN3O4/c1-18(2)37-29(36)26-25(5-4-12-31-26)28(35)33-13-10-21(11-14-33)20-6-8-24(9-7-20)32-27(34)22-15-19(3)16-23(30)17-22/h4-9,12,15-18,21H,10-11,13-14H2,1-3H3,(H,32,34). The summed E-state index contributed by atoms with van der Waals surface area (Å²) >= 11 is 0. The third kappa shape index (κ3) is 6.39. The van der Waals surface area contributed by atoms with Crippen molar-refractivity contribution in [1.82, 2.24) is 9.88 Å². The number of hydrogen-bond acceptors (Lipinski definition) is 5. The van der Waals surface area contributed by atoms with Gasteiger partial charge in [0.1, 0.15) is 5.82 Å².